The number of aryl methyl sites for hydroxylation is 1. The van der Waals surface area contributed by atoms with Gasteiger partial charge in [0.25, 0.3) is 15.9 Å². The van der Waals surface area contributed by atoms with E-state index in [4.69, 9.17) is 4.74 Å². The molecule has 5 rings (SSSR count). The first-order chi connectivity index (χ1) is 17.8. The van der Waals surface area contributed by atoms with E-state index in [1.54, 1.807) is 12.1 Å². The number of nitriles is 1. The van der Waals surface area contributed by atoms with Crippen molar-refractivity contribution in [1.82, 2.24) is 9.62 Å². The zero-order valence-corrected chi connectivity index (χ0v) is 22.5. The summed E-state index contributed by atoms with van der Waals surface area (Å²) < 4.78 is 62.0. The van der Waals surface area contributed by atoms with Crippen LogP contribution in [0.1, 0.15) is 43.7 Å². The molecule has 0 radical (unpaired) electrons. The molecule has 204 valence electrons. The van der Waals surface area contributed by atoms with E-state index in [1.165, 1.54) is 12.1 Å². The minimum absolute atomic E-state index is 0.104. The van der Waals surface area contributed by atoms with Crippen LogP contribution >= 0.6 is 0 Å². The third-order valence-electron chi connectivity index (χ3n) is 7.22. The molecule has 1 saturated carbocycles. The predicted molar refractivity (Wildman–Crippen MR) is 138 cm³/mol. The number of hydrogen-bond acceptors (Lipinski definition) is 7. The fourth-order valence-corrected chi connectivity index (χ4v) is 6.29. The highest BCUT2D eigenvalue weighted by Gasteiger charge is 2.64. The molecule has 2 heterocycles. The van der Waals surface area contributed by atoms with E-state index in [0.29, 0.717) is 45.3 Å². The molecule has 2 N–H and O–H groups in total. The maximum atomic E-state index is 15.3. The molecule has 1 aliphatic carbocycles. The lowest BCUT2D eigenvalue weighted by Crippen LogP contribution is -2.55. The summed E-state index contributed by atoms with van der Waals surface area (Å²) in [6.45, 7) is 3.03. The molecule has 11 heteroatoms. The van der Waals surface area contributed by atoms with Crippen molar-refractivity contribution in [1.29, 1.82) is 5.26 Å². The Labute approximate surface area is 222 Å². The Hall–Kier alpha value is -3.07. The Bertz CT molecular complexity index is 1350. The van der Waals surface area contributed by atoms with Gasteiger partial charge < -0.3 is 15.0 Å². The second-order valence-corrected chi connectivity index (χ2v) is 12.6. The first-order valence-electron chi connectivity index (χ1n) is 12.5. The number of ether oxygens (including phenoxy) is 1. The van der Waals surface area contributed by atoms with E-state index in [9.17, 15) is 22.9 Å². The zero-order chi connectivity index (χ0) is 27.7. The topological polar surface area (TPSA) is 112 Å². The standard InChI is InChI=1S/C27H32F2N4O4S/c1-26-15-27(16-26,37-17-26)25(34)32-38(35,36)22-12-19(14-30)24(23(29)13-22)31-21(10-11-33(2)3)9-6-18-4-7-20(28)8-5-18/h4-5,7-8,12-13,21,31H,6,9-11,15-17H2,1-3H3,(H,32,34)/t21-,26?,27?/m0/s1. The van der Waals surface area contributed by atoms with Gasteiger partial charge in [-0.2, -0.15) is 5.26 Å². The lowest BCUT2D eigenvalue weighted by Gasteiger charge is -2.40. The van der Waals surface area contributed by atoms with Crippen molar-refractivity contribution in [3.8, 4) is 6.07 Å². The number of rotatable bonds is 11. The third-order valence-corrected chi connectivity index (χ3v) is 8.54. The molecule has 2 aromatic rings. The van der Waals surface area contributed by atoms with E-state index < -0.39 is 32.2 Å². The maximum absolute atomic E-state index is 15.3. The van der Waals surface area contributed by atoms with Crippen LogP contribution in [0.15, 0.2) is 41.3 Å². The zero-order valence-electron chi connectivity index (χ0n) is 21.7. The molecule has 0 unspecified atom stereocenters. The molecule has 3 fully saturated rings. The fourth-order valence-electron chi connectivity index (χ4n) is 5.21. The van der Waals surface area contributed by atoms with Crippen LogP contribution in [0.2, 0.25) is 0 Å². The molecule has 0 aromatic heterocycles. The molecule has 1 amide bonds. The van der Waals surface area contributed by atoms with Crippen molar-refractivity contribution in [3.05, 3.63) is 59.2 Å². The van der Waals surface area contributed by atoms with E-state index >= 15 is 4.39 Å². The second kappa shape index (κ2) is 10.6. The number of benzene rings is 2. The van der Waals surface area contributed by atoms with Crippen molar-refractivity contribution in [2.45, 2.75) is 55.6 Å². The van der Waals surface area contributed by atoms with Crippen LogP contribution in [-0.2, 0) is 26.0 Å². The number of sulfonamides is 1. The summed E-state index contributed by atoms with van der Waals surface area (Å²) in [5.41, 5.74) is -0.689. The highest BCUT2D eigenvalue weighted by Crippen LogP contribution is 2.57. The first-order valence-corrected chi connectivity index (χ1v) is 13.9. The van der Waals surface area contributed by atoms with Gasteiger partial charge in [-0.15, -0.1) is 0 Å². The third kappa shape index (κ3) is 5.98. The van der Waals surface area contributed by atoms with Gasteiger partial charge in [0.05, 0.1) is 22.8 Å². The Morgan fingerprint density at radius 2 is 1.87 bits per heavy atom. The number of nitrogens with zero attached hydrogens (tertiary/aromatic N) is 2. The van der Waals surface area contributed by atoms with Crippen LogP contribution in [0.3, 0.4) is 0 Å². The predicted octanol–water partition coefficient (Wildman–Crippen LogP) is 3.58. The monoisotopic (exact) mass is 546 g/mol. The molecular formula is C27H32F2N4O4S. The van der Waals surface area contributed by atoms with Crippen LogP contribution in [0.4, 0.5) is 14.5 Å². The average Bonchev–Trinajstić information content (AvgIpc) is 3.37. The van der Waals surface area contributed by atoms with Gasteiger partial charge >= 0.3 is 0 Å². The van der Waals surface area contributed by atoms with Crippen molar-refractivity contribution in [3.63, 3.8) is 0 Å². The molecule has 3 aliphatic rings. The summed E-state index contributed by atoms with van der Waals surface area (Å²) in [5.74, 6) is -2.03. The Morgan fingerprint density at radius 3 is 2.45 bits per heavy atom. The van der Waals surface area contributed by atoms with Gasteiger partial charge in [0.15, 0.2) is 0 Å². The van der Waals surface area contributed by atoms with Crippen molar-refractivity contribution < 1.29 is 26.7 Å². The van der Waals surface area contributed by atoms with Gasteiger partial charge in [0.1, 0.15) is 23.3 Å². The SMILES string of the molecule is CN(C)CC[C@H](CCc1ccc(F)cc1)Nc1c(F)cc(S(=O)(=O)NC(=O)C23CC(C)(CO2)C3)cc1C#N. The molecule has 0 spiro atoms. The van der Waals surface area contributed by atoms with E-state index in [1.807, 2.05) is 36.7 Å². The van der Waals surface area contributed by atoms with Crippen molar-refractivity contribution in [2.24, 2.45) is 5.41 Å². The lowest BCUT2D eigenvalue weighted by atomic mass is 9.63. The Kier molecular flexibility index (Phi) is 7.79. The first kappa shape index (κ1) is 28.0. The molecular weight excluding hydrogens is 514 g/mol. The molecule has 2 aromatic carbocycles. The molecule has 2 aliphatic heterocycles. The average molecular weight is 547 g/mol. The molecule has 38 heavy (non-hydrogen) atoms. The number of halogens is 2. The van der Waals surface area contributed by atoms with E-state index in [2.05, 4.69) is 5.32 Å². The minimum Gasteiger partial charge on any atom is -0.379 e. The smallest absolute Gasteiger partial charge is 0.265 e. The number of carbonyl (C=O) groups excluding carboxylic acids is 1. The maximum Gasteiger partial charge on any atom is 0.265 e. The Balaban J connectivity index is 1.51. The summed E-state index contributed by atoms with van der Waals surface area (Å²) in [6, 6.07) is 9.62. The van der Waals surface area contributed by atoms with Gasteiger partial charge in [-0.3, -0.25) is 4.79 Å². The number of carbonyl (C=O) groups is 1. The summed E-state index contributed by atoms with van der Waals surface area (Å²) in [4.78, 5) is 14.2. The van der Waals surface area contributed by atoms with Crippen LogP contribution in [0, 0.1) is 28.4 Å². The number of hydrogen-bond donors (Lipinski definition) is 2. The number of fused-ring (bicyclic) bond motifs is 1. The molecule has 8 nitrogen and oxygen atoms in total. The van der Waals surface area contributed by atoms with Gasteiger partial charge in [-0.05, 0) is 88.0 Å². The van der Waals surface area contributed by atoms with Crippen molar-refractivity contribution >= 4 is 21.6 Å². The summed E-state index contributed by atoms with van der Waals surface area (Å²) in [6.07, 6.45) is 2.63. The highest BCUT2D eigenvalue weighted by molar-refractivity contribution is 7.90. The van der Waals surface area contributed by atoms with Crippen molar-refractivity contribution in [2.75, 3.05) is 32.6 Å². The quantitative estimate of drug-likeness (QED) is 0.443. The summed E-state index contributed by atoms with van der Waals surface area (Å²) in [5, 5.41) is 12.8. The van der Waals surface area contributed by atoms with Crippen LogP contribution < -0.4 is 10.0 Å². The molecule has 2 saturated heterocycles. The van der Waals surface area contributed by atoms with E-state index in [-0.39, 0.29) is 28.5 Å². The summed E-state index contributed by atoms with van der Waals surface area (Å²) >= 11 is 0. The number of nitrogens with one attached hydrogen (secondary N) is 2. The van der Waals surface area contributed by atoms with Crippen LogP contribution in [-0.4, -0.2) is 58.1 Å². The highest BCUT2D eigenvalue weighted by atomic mass is 32.2. The second-order valence-electron chi connectivity index (χ2n) is 10.9. The summed E-state index contributed by atoms with van der Waals surface area (Å²) in [7, 11) is -0.619. The normalized spacial score (nSPS) is 23.0. The van der Waals surface area contributed by atoms with Gasteiger partial charge in [-0.25, -0.2) is 21.9 Å². The number of amides is 1. The fraction of sp³-hybridized carbons (Fsp3) is 0.481. The van der Waals surface area contributed by atoms with E-state index in [0.717, 1.165) is 17.7 Å². The minimum atomic E-state index is -4.44. The molecule has 1 atom stereocenters. The Morgan fingerprint density at radius 1 is 1.18 bits per heavy atom. The van der Waals surface area contributed by atoms with Gasteiger partial charge in [0.2, 0.25) is 0 Å². The number of anilines is 1. The lowest BCUT2D eigenvalue weighted by molar-refractivity contribution is -0.143. The van der Waals surface area contributed by atoms with Crippen LogP contribution in [0.25, 0.3) is 0 Å². The van der Waals surface area contributed by atoms with Crippen LogP contribution in [0.5, 0.6) is 0 Å². The largest absolute Gasteiger partial charge is 0.379 e. The molecule has 2 bridgehead atoms. The van der Waals surface area contributed by atoms with Gasteiger partial charge in [-0.1, -0.05) is 19.1 Å². The van der Waals surface area contributed by atoms with Gasteiger partial charge in [0, 0.05) is 6.04 Å².